The fraction of sp³-hybridized carbons (Fsp3) is 0.318. The number of aromatic nitrogens is 3. The lowest BCUT2D eigenvalue weighted by atomic mass is 9.87. The van der Waals surface area contributed by atoms with Crippen molar-refractivity contribution in [2.75, 3.05) is 0 Å². The first kappa shape index (κ1) is 19.1. The number of H-pyrrole nitrogens is 1. The monoisotopic (exact) mass is 442 g/mol. The van der Waals surface area contributed by atoms with Gasteiger partial charge < -0.3 is 18.7 Å². The topological polar surface area (TPSA) is 88.2 Å². The van der Waals surface area contributed by atoms with Crippen LogP contribution in [0.5, 0.6) is 0 Å². The van der Waals surface area contributed by atoms with Gasteiger partial charge in [-0.05, 0) is 26.0 Å². The second-order valence-corrected chi connectivity index (χ2v) is 8.57. The van der Waals surface area contributed by atoms with Gasteiger partial charge in [0.1, 0.15) is 17.5 Å². The van der Waals surface area contributed by atoms with E-state index in [0.29, 0.717) is 16.8 Å². The van der Waals surface area contributed by atoms with Crippen LogP contribution in [0.25, 0.3) is 11.0 Å². The number of hydrogen-bond donors (Lipinski definition) is 1. The molecule has 0 saturated heterocycles. The molecule has 7 nitrogen and oxygen atoms in total. The fourth-order valence-corrected chi connectivity index (χ4v) is 4.55. The van der Waals surface area contributed by atoms with E-state index in [1.807, 2.05) is 0 Å². The number of amides is 1. The molecule has 1 amide bonds. The van der Waals surface area contributed by atoms with Crippen LogP contribution in [0, 0.1) is 5.82 Å². The summed E-state index contributed by atoms with van der Waals surface area (Å²) in [5, 5.41) is 0.502. The number of imidazole rings is 1. The summed E-state index contributed by atoms with van der Waals surface area (Å²) in [4.78, 5) is 26.1. The van der Waals surface area contributed by atoms with Crippen LogP contribution in [0.3, 0.4) is 0 Å². The summed E-state index contributed by atoms with van der Waals surface area (Å²) >= 11 is 0. The van der Waals surface area contributed by atoms with Crippen LogP contribution < -0.4 is 0 Å². The van der Waals surface area contributed by atoms with Crippen molar-refractivity contribution in [1.82, 2.24) is 19.9 Å². The minimum absolute atomic E-state index is 0.0322. The van der Waals surface area contributed by atoms with E-state index in [4.69, 9.17) is 8.83 Å². The maximum Gasteiger partial charge on any atom is 0.293 e. The Morgan fingerprint density at radius 1 is 1.25 bits per heavy atom. The lowest BCUT2D eigenvalue weighted by molar-refractivity contribution is 0.0262. The van der Waals surface area contributed by atoms with Gasteiger partial charge in [-0.1, -0.05) is 12.1 Å². The van der Waals surface area contributed by atoms with E-state index in [1.165, 1.54) is 31.1 Å². The Balaban J connectivity index is 1.54. The number of carbonyl (C=O) groups excluding carboxylic acids is 1. The van der Waals surface area contributed by atoms with E-state index in [1.54, 1.807) is 18.2 Å². The third kappa shape index (κ3) is 2.52. The summed E-state index contributed by atoms with van der Waals surface area (Å²) in [6.45, 7) is 2.44. The standard InChI is InChI=1S/C22H17F3N4O3/c1-22(2,25)21-28-16-14(24)12-7-11-15(27-8-26-11)17(29(12)20(30)19(16)32-21)13-6-9-4-3-5-10(23)18(9)31-13/h3-6,8,12,14,17H,7H2,1-2H3,(H,26,27)/t12?,14?,17-/m1/s1. The molecule has 4 aromatic rings. The molecule has 0 bridgehead atoms. The quantitative estimate of drug-likeness (QED) is 0.488. The van der Waals surface area contributed by atoms with Crippen molar-refractivity contribution < 1.29 is 26.8 Å². The molecule has 1 aromatic carbocycles. The number of aromatic amines is 1. The van der Waals surface area contributed by atoms with Crippen LogP contribution in [0.4, 0.5) is 13.2 Å². The minimum Gasteiger partial charge on any atom is -0.455 e. The highest BCUT2D eigenvalue weighted by Gasteiger charge is 2.52. The maximum atomic E-state index is 15.7. The molecule has 2 aliphatic heterocycles. The van der Waals surface area contributed by atoms with Gasteiger partial charge in [-0.2, -0.15) is 0 Å². The number of halogens is 3. The van der Waals surface area contributed by atoms with Gasteiger partial charge in [0.05, 0.1) is 18.1 Å². The molecule has 0 aliphatic carbocycles. The molecular weight excluding hydrogens is 425 g/mol. The molecule has 1 N–H and O–H groups in total. The highest BCUT2D eigenvalue weighted by molar-refractivity contribution is 5.95. The van der Waals surface area contributed by atoms with Gasteiger partial charge in [-0.3, -0.25) is 4.79 Å². The van der Waals surface area contributed by atoms with Crippen molar-refractivity contribution >= 4 is 16.9 Å². The van der Waals surface area contributed by atoms with E-state index in [-0.39, 0.29) is 35.1 Å². The normalized spacial score (nSPS) is 22.7. The van der Waals surface area contributed by atoms with Gasteiger partial charge in [0.2, 0.25) is 11.7 Å². The number of alkyl halides is 2. The van der Waals surface area contributed by atoms with Crippen LogP contribution in [0.15, 0.2) is 39.4 Å². The minimum atomic E-state index is -1.99. The number of oxazole rings is 1. The van der Waals surface area contributed by atoms with Crippen LogP contribution in [0.2, 0.25) is 0 Å². The number of nitrogens with zero attached hydrogens (tertiary/aromatic N) is 3. The lowest BCUT2D eigenvalue weighted by Crippen LogP contribution is -2.52. The third-order valence-corrected chi connectivity index (χ3v) is 6.03. The van der Waals surface area contributed by atoms with E-state index < -0.39 is 35.6 Å². The molecule has 3 aromatic heterocycles. The number of rotatable bonds is 2. The van der Waals surface area contributed by atoms with E-state index in [2.05, 4.69) is 15.0 Å². The SMILES string of the molecule is CC(C)(F)c1nc2c(o1)C(=O)N1C(Cc3[nH]cnc3[C@H]1c1cc3cccc(F)c3o1)C2F. The van der Waals surface area contributed by atoms with Crippen LogP contribution in [0.1, 0.15) is 65.3 Å². The zero-order valence-corrected chi connectivity index (χ0v) is 17.0. The Bertz CT molecular complexity index is 1380. The summed E-state index contributed by atoms with van der Waals surface area (Å²) in [6, 6.07) is 4.22. The number of benzene rings is 1. The number of nitrogens with one attached hydrogen (secondary N) is 1. The number of para-hydroxylation sites is 1. The largest absolute Gasteiger partial charge is 0.455 e. The Morgan fingerprint density at radius 2 is 2.06 bits per heavy atom. The van der Waals surface area contributed by atoms with Gasteiger partial charge in [-0.15, -0.1) is 0 Å². The molecular formula is C22H17F3N4O3. The molecule has 5 heterocycles. The predicted octanol–water partition coefficient (Wildman–Crippen LogP) is 4.67. The molecule has 6 rings (SSSR count). The fourth-order valence-electron chi connectivity index (χ4n) is 4.55. The molecule has 3 atom stereocenters. The van der Waals surface area contributed by atoms with Crippen LogP contribution >= 0.6 is 0 Å². The zero-order chi connectivity index (χ0) is 22.4. The van der Waals surface area contributed by atoms with E-state index >= 15 is 4.39 Å². The first-order chi connectivity index (χ1) is 15.2. The summed E-state index contributed by atoms with van der Waals surface area (Å²) in [5.74, 6) is -1.68. The molecule has 0 saturated carbocycles. The van der Waals surface area contributed by atoms with E-state index in [0.717, 1.165) is 0 Å². The van der Waals surface area contributed by atoms with Gasteiger partial charge in [0.25, 0.3) is 5.91 Å². The second kappa shape index (κ2) is 6.24. The van der Waals surface area contributed by atoms with E-state index in [9.17, 15) is 13.6 Å². The van der Waals surface area contributed by atoms with Crippen molar-refractivity contribution in [3.8, 4) is 0 Å². The van der Waals surface area contributed by atoms with Crippen molar-refractivity contribution in [3.05, 3.63) is 70.9 Å². The molecule has 0 fully saturated rings. The number of carbonyl (C=O) groups is 1. The van der Waals surface area contributed by atoms with Gasteiger partial charge >= 0.3 is 0 Å². The predicted molar refractivity (Wildman–Crippen MR) is 105 cm³/mol. The maximum absolute atomic E-state index is 15.7. The Hall–Kier alpha value is -3.56. The molecule has 2 unspecified atom stereocenters. The zero-order valence-electron chi connectivity index (χ0n) is 17.0. The average molecular weight is 442 g/mol. The second-order valence-electron chi connectivity index (χ2n) is 8.57. The van der Waals surface area contributed by atoms with Crippen LogP contribution in [-0.2, 0) is 12.1 Å². The Labute approximate surface area is 179 Å². The number of furan rings is 1. The molecule has 10 heteroatoms. The molecule has 0 spiro atoms. The molecule has 0 radical (unpaired) electrons. The van der Waals surface area contributed by atoms with Crippen molar-refractivity contribution in [3.63, 3.8) is 0 Å². The van der Waals surface area contributed by atoms with Crippen molar-refractivity contribution in [2.45, 2.75) is 44.2 Å². The smallest absolute Gasteiger partial charge is 0.293 e. The van der Waals surface area contributed by atoms with Crippen molar-refractivity contribution in [2.24, 2.45) is 0 Å². The Morgan fingerprint density at radius 3 is 2.81 bits per heavy atom. The summed E-state index contributed by atoms with van der Waals surface area (Å²) in [7, 11) is 0. The van der Waals surface area contributed by atoms with Crippen molar-refractivity contribution in [1.29, 1.82) is 0 Å². The van der Waals surface area contributed by atoms with Gasteiger partial charge in [-0.25, -0.2) is 23.1 Å². The highest BCUT2D eigenvalue weighted by Crippen LogP contribution is 2.47. The summed E-state index contributed by atoms with van der Waals surface area (Å²) in [6.07, 6.45) is -0.118. The molecule has 164 valence electrons. The van der Waals surface area contributed by atoms with Crippen LogP contribution in [-0.4, -0.2) is 31.8 Å². The number of fused-ring (bicyclic) bond motifs is 4. The third-order valence-electron chi connectivity index (χ3n) is 6.03. The number of hydrogen-bond acceptors (Lipinski definition) is 5. The summed E-state index contributed by atoms with van der Waals surface area (Å²) in [5.41, 5.74) is -1.07. The van der Waals surface area contributed by atoms with Gasteiger partial charge in [0.15, 0.2) is 23.2 Å². The lowest BCUT2D eigenvalue weighted by Gasteiger charge is -2.43. The first-order valence-corrected chi connectivity index (χ1v) is 10.1. The molecule has 2 aliphatic rings. The average Bonchev–Trinajstić information content (AvgIpc) is 3.47. The first-order valence-electron chi connectivity index (χ1n) is 10.1. The molecule has 32 heavy (non-hydrogen) atoms. The summed E-state index contributed by atoms with van der Waals surface area (Å²) < 4.78 is 55.6. The Kier molecular flexibility index (Phi) is 3.73. The van der Waals surface area contributed by atoms with Gasteiger partial charge in [0, 0.05) is 17.5 Å². The highest BCUT2D eigenvalue weighted by atomic mass is 19.1.